The number of aliphatic hydroxyl groups excluding tert-OH is 1. The average Bonchev–Trinajstić information content (AvgIpc) is 2.90. The van der Waals surface area contributed by atoms with Crippen molar-refractivity contribution in [1.82, 2.24) is 0 Å². The maximum absolute atomic E-state index is 10.6. The Balaban J connectivity index is 1.20. The van der Waals surface area contributed by atoms with E-state index in [1.807, 2.05) is 72.9 Å². The second-order valence-corrected chi connectivity index (χ2v) is 8.42. The van der Waals surface area contributed by atoms with Gasteiger partial charge >= 0.3 is 0 Å². The van der Waals surface area contributed by atoms with Gasteiger partial charge in [-0.2, -0.15) is 0 Å². The van der Waals surface area contributed by atoms with Crippen LogP contribution in [-0.2, 0) is 18.9 Å². The summed E-state index contributed by atoms with van der Waals surface area (Å²) in [5.41, 5.74) is 2.20. The molecule has 2 aliphatic carbocycles. The lowest BCUT2D eigenvalue weighted by atomic mass is 9.99. The van der Waals surface area contributed by atoms with Crippen LogP contribution in [0.2, 0.25) is 0 Å². The van der Waals surface area contributed by atoms with E-state index < -0.39 is 6.10 Å². The molecular formula is C29H24O5. The van der Waals surface area contributed by atoms with Gasteiger partial charge in [0.2, 0.25) is 0 Å². The molecule has 34 heavy (non-hydrogen) atoms. The van der Waals surface area contributed by atoms with Gasteiger partial charge in [0.05, 0.1) is 10.4 Å². The van der Waals surface area contributed by atoms with Crippen molar-refractivity contribution in [3.63, 3.8) is 0 Å². The van der Waals surface area contributed by atoms with E-state index in [2.05, 4.69) is 24.3 Å². The Morgan fingerprint density at radius 2 is 1.09 bits per heavy atom. The number of hydrogen-bond donors (Lipinski definition) is 1. The van der Waals surface area contributed by atoms with E-state index in [0.29, 0.717) is 11.9 Å². The molecule has 5 heteroatoms. The van der Waals surface area contributed by atoms with Crippen LogP contribution in [-0.4, -0.2) is 36.6 Å². The van der Waals surface area contributed by atoms with Gasteiger partial charge in [0.25, 0.3) is 11.9 Å². The summed E-state index contributed by atoms with van der Waals surface area (Å²) in [5, 5.41) is 14.5. The molecular weight excluding hydrogens is 428 g/mol. The van der Waals surface area contributed by atoms with Gasteiger partial charge in [0.15, 0.2) is 0 Å². The highest BCUT2D eigenvalue weighted by Gasteiger charge is 2.24. The normalized spacial score (nSPS) is 22.1. The van der Waals surface area contributed by atoms with Crippen LogP contribution in [0.15, 0.2) is 97.1 Å². The molecule has 5 nitrogen and oxygen atoms in total. The van der Waals surface area contributed by atoms with Gasteiger partial charge in [-0.1, -0.05) is 72.9 Å². The van der Waals surface area contributed by atoms with Crippen molar-refractivity contribution in [1.29, 1.82) is 0 Å². The number of allylic oxidation sites excluding steroid dienone is 4. The second kappa shape index (κ2) is 8.76. The highest BCUT2D eigenvalue weighted by Crippen LogP contribution is 2.22. The molecule has 0 bridgehead atoms. The average molecular weight is 453 g/mol. The molecule has 2 unspecified atom stereocenters. The van der Waals surface area contributed by atoms with Crippen molar-refractivity contribution < 1.29 is 24.1 Å². The molecule has 0 fully saturated rings. The van der Waals surface area contributed by atoms with Gasteiger partial charge in [-0.05, 0) is 34.7 Å². The van der Waals surface area contributed by atoms with Crippen LogP contribution in [0.1, 0.15) is 0 Å². The zero-order chi connectivity index (χ0) is 22.9. The summed E-state index contributed by atoms with van der Waals surface area (Å²) in [6.45, 7) is 0.0628. The minimum absolute atomic E-state index is 0.0314. The monoisotopic (exact) mass is 452 g/mol. The summed E-state index contributed by atoms with van der Waals surface area (Å²) in [6, 6.07) is 15.9. The Bertz CT molecular complexity index is 1380. The molecule has 6 rings (SSSR count). The van der Waals surface area contributed by atoms with E-state index in [0.717, 1.165) is 32.0 Å². The molecule has 2 aromatic rings. The third-order valence-electron chi connectivity index (χ3n) is 6.16. The summed E-state index contributed by atoms with van der Waals surface area (Å²) >= 11 is 0. The van der Waals surface area contributed by atoms with E-state index in [9.17, 15) is 5.11 Å². The maximum Gasteiger partial charge on any atom is 0.288 e. The molecule has 0 radical (unpaired) electrons. The van der Waals surface area contributed by atoms with Crippen LogP contribution >= 0.6 is 0 Å². The van der Waals surface area contributed by atoms with E-state index >= 15 is 0 Å². The standard InChI is InChI=1S/C29H24O5/c30-19(17-31-28-24-13-3-1-9-20(24)22-11-5-7-15-26(22)33-28)18-32-29-25-14-4-2-10-21(25)23-12-6-8-16-27(23)34-29/h1-16,19,26-27,30H,17-18H2. The predicted octanol–water partition coefficient (Wildman–Crippen LogP) is 1.26. The van der Waals surface area contributed by atoms with Gasteiger partial charge < -0.3 is 24.1 Å². The van der Waals surface area contributed by atoms with Gasteiger partial charge in [0.1, 0.15) is 31.5 Å². The fraction of sp³-hybridized carbons (Fsp3) is 0.172. The highest BCUT2D eigenvalue weighted by molar-refractivity contribution is 5.69. The summed E-state index contributed by atoms with van der Waals surface area (Å²) in [4.78, 5) is 0. The Kier molecular flexibility index (Phi) is 5.32. The Labute approximate surface area is 196 Å². The summed E-state index contributed by atoms with van der Waals surface area (Å²) < 4.78 is 24.0. The quantitative estimate of drug-likeness (QED) is 0.716. The molecule has 2 aliphatic heterocycles. The Morgan fingerprint density at radius 1 is 0.647 bits per heavy atom. The number of benzene rings is 2. The predicted molar refractivity (Wildman–Crippen MR) is 129 cm³/mol. The fourth-order valence-corrected chi connectivity index (χ4v) is 4.54. The SMILES string of the molecule is OC(COC1=c2ccccc2=C2C=CC=CC2O1)COC1=c2ccccc2=C2C=CC=CC2O1. The highest BCUT2D eigenvalue weighted by atomic mass is 16.7. The number of hydrogen-bond acceptors (Lipinski definition) is 5. The van der Waals surface area contributed by atoms with E-state index in [4.69, 9.17) is 18.9 Å². The Morgan fingerprint density at radius 3 is 1.56 bits per heavy atom. The summed E-state index contributed by atoms with van der Waals surface area (Å²) in [5.74, 6) is 0.822. The number of fused-ring (bicyclic) bond motifs is 4. The molecule has 0 spiro atoms. The molecule has 2 aromatic carbocycles. The molecule has 0 aromatic heterocycles. The van der Waals surface area contributed by atoms with Crippen molar-refractivity contribution in [3.8, 4) is 0 Å². The topological polar surface area (TPSA) is 57.2 Å². The molecule has 1 N–H and O–H groups in total. The first-order valence-electron chi connectivity index (χ1n) is 11.4. The van der Waals surface area contributed by atoms with Gasteiger partial charge in [0, 0.05) is 11.1 Å². The third-order valence-corrected chi connectivity index (χ3v) is 6.16. The van der Waals surface area contributed by atoms with Crippen molar-refractivity contribution in [3.05, 3.63) is 118 Å². The van der Waals surface area contributed by atoms with Crippen molar-refractivity contribution in [2.45, 2.75) is 18.3 Å². The van der Waals surface area contributed by atoms with Crippen LogP contribution in [0.3, 0.4) is 0 Å². The maximum atomic E-state index is 10.6. The molecule has 170 valence electrons. The smallest absolute Gasteiger partial charge is 0.288 e. The Hall–Kier alpha value is -3.96. The first-order chi connectivity index (χ1) is 16.8. The molecule has 0 saturated heterocycles. The van der Waals surface area contributed by atoms with Crippen molar-refractivity contribution >= 4 is 23.0 Å². The lowest BCUT2D eigenvalue weighted by Crippen LogP contribution is -2.40. The molecule has 4 aliphatic rings. The zero-order valence-corrected chi connectivity index (χ0v) is 18.5. The minimum atomic E-state index is -0.870. The first kappa shape index (κ1) is 20.6. The molecule has 2 heterocycles. The van der Waals surface area contributed by atoms with Gasteiger partial charge in [-0.15, -0.1) is 0 Å². The molecule has 0 saturated carbocycles. The zero-order valence-electron chi connectivity index (χ0n) is 18.5. The first-order valence-corrected chi connectivity index (χ1v) is 11.4. The second-order valence-electron chi connectivity index (χ2n) is 8.42. The van der Waals surface area contributed by atoms with Crippen LogP contribution in [0.4, 0.5) is 0 Å². The molecule has 0 amide bonds. The van der Waals surface area contributed by atoms with Crippen LogP contribution in [0, 0.1) is 0 Å². The van der Waals surface area contributed by atoms with Crippen molar-refractivity contribution in [2.24, 2.45) is 0 Å². The van der Waals surface area contributed by atoms with Gasteiger partial charge in [-0.3, -0.25) is 0 Å². The van der Waals surface area contributed by atoms with E-state index in [1.54, 1.807) is 0 Å². The summed E-state index contributed by atoms with van der Waals surface area (Å²) in [6.07, 6.45) is 14.7. The largest absolute Gasteiger partial charge is 0.462 e. The summed E-state index contributed by atoms with van der Waals surface area (Å²) in [7, 11) is 0. The van der Waals surface area contributed by atoms with Crippen LogP contribution in [0.5, 0.6) is 0 Å². The van der Waals surface area contributed by atoms with Crippen molar-refractivity contribution in [2.75, 3.05) is 13.2 Å². The fourth-order valence-electron chi connectivity index (χ4n) is 4.54. The number of aliphatic hydroxyl groups is 1. The molecule has 2 atom stereocenters. The lowest BCUT2D eigenvalue weighted by Gasteiger charge is -2.27. The lowest BCUT2D eigenvalue weighted by molar-refractivity contribution is -0.00315. The van der Waals surface area contributed by atoms with Crippen LogP contribution in [0.25, 0.3) is 23.0 Å². The van der Waals surface area contributed by atoms with Crippen LogP contribution < -0.4 is 20.9 Å². The van der Waals surface area contributed by atoms with Gasteiger partial charge in [-0.25, -0.2) is 0 Å². The minimum Gasteiger partial charge on any atom is -0.462 e. The van der Waals surface area contributed by atoms with E-state index in [-0.39, 0.29) is 25.4 Å². The third kappa shape index (κ3) is 3.74. The number of rotatable bonds is 6. The number of ether oxygens (including phenoxy) is 4. The van der Waals surface area contributed by atoms with E-state index in [1.165, 1.54) is 0 Å².